The molecular weight excluding hydrogens is 358 g/mol. The standard InChI is InChI=1S/C20H17N5O3/c1-12-14-5-2-3-6-15(14)27-16(12)20(26)25-10-7-13(11-25)19-23-18(24-28-19)17-21-8-4-9-22-17/h2-6,8-9,13H,7,10-11H2,1H3/t13-/m0/s1. The third-order valence-electron chi connectivity index (χ3n) is 5.07. The average molecular weight is 375 g/mol. The van der Waals surface area contributed by atoms with Crippen molar-refractivity contribution < 1.29 is 13.7 Å². The van der Waals surface area contributed by atoms with E-state index in [2.05, 4.69) is 20.1 Å². The fourth-order valence-corrected chi connectivity index (χ4v) is 3.57. The minimum atomic E-state index is -0.109. The lowest BCUT2D eigenvalue weighted by Crippen LogP contribution is -2.28. The third-order valence-corrected chi connectivity index (χ3v) is 5.07. The van der Waals surface area contributed by atoms with E-state index in [1.54, 1.807) is 23.4 Å². The van der Waals surface area contributed by atoms with Crippen molar-refractivity contribution in [2.24, 2.45) is 0 Å². The summed E-state index contributed by atoms with van der Waals surface area (Å²) in [6, 6.07) is 9.40. The van der Waals surface area contributed by atoms with Gasteiger partial charge in [0.2, 0.25) is 17.5 Å². The Labute approximate surface area is 160 Å². The summed E-state index contributed by atoms with van der Waals surface area (Å²) in [6.07, 6.45) is 4.01. The third kappa shape index (κ3) is 2.74. The first-order valence-electron chi connectivity index (χ1n) is 9.09. The van der Waals surface area contributed by atoms with Gasteiger partial charge in [-0.2, -0.15) is 4.98 Å². The smallest absolute Gasteiger partial charge is 0.289 e. The van der Waals surface area contributed by atoms with Crippen LogP contribution in [0, 0.1) is 6.92 Å². The van der Waals surface area contributed by atoms with Gasteiger partial charge >= 0.3 is 0 Å². The van der Waals surface area contributed by atoms with E-state index in [1.165, 1.54) is 0 Å². The van der Waals surface area contributed by atoms with Crippen LogP contribution in [0.4, 0.5) is 0 Å². The molecule has 1 amide bonds. The van der Waals surface area contributed by atoms with Crippen LogP contribution in [0.1, 0.15) is 34.3 Å². The number of carbonyl (C=O) groups excluding carboxylic acids is 1. The van der Waals surface area contributed by atoms with Gasteiger partial charge in [0.1, 0.15) is 5.58 Å². The molecule has 0 radical (unpaired) electrons. The van der Waals surface area contributed by atoms with Gasteiger partial charge < -0.3 is 13.8 Å². The van der Waals surface area contributed by atoms with E-state index < -0.39 is 0 Å². The molecule has 8 heteroatoms. The number of benzene rings is 1. The van der Waals surface area contributed by atoms with Gasteiger partial charge in [-0.25, -0.2) is 9.97 Å². The first kappa shape index (κ1) is 16.6. The summed E-state index contributed by atoms with van der Waals surface area (Å²) in [5.74, 6) is 1.54. The summed E-state index contributed by atoms with van der Waals surface area (Å²) in [4.78, 5) is 27.4. The zero-order valence-electron chi connectivity index (χ0n) is 15.2. The highest BCUT2D eigenvalue weighted by Crippen LogP contribution is 2.31. The zero-order chi connectivity index (χ0) is 19.1. The summed E-state index contributed by atoms with van der Waals surface area (Å²) < 4.78 is 11.2. The first-order chi connectivity index (χ1) is 13.7. The second-order valence-corrected chi connectivity index (χ2v) is 6.82. The molecule has 28 heavy (non-hydrogen) atoms. The Balaban J connectivity index is 1.35. The number of aromatic nitrogens is 4. The fraction of sp³-hybridized carbons (Fsp3) is 0.250. The van der Waals surface area contributed by atoms with Crippen LogP contribution in [-0.2, 0) is 0 Å². The molecule has 4 aromatic rings. The SMILES string of the molecule is Cc1c(C(=O)N2CC[C@H](c3nc(-c4ncccn4)no3)C2)oc2ccccc12. The highest BCUT2D eigenvalue weighted by atomic mass is 16.5. The first-order valence-corrected chi connectivity index (χ1v) is 9.09. The molecule has 140 valence electrons. The molecule has 8 nitrogen and oxygen atoms in total. The van der Waals surface area contributed by atoms with Crippen LogP contribution in [-0.4, -0.2) is 44.0 Å². The van der Waals surface area contributed by atoms with E-state index in [-0.39, 0.29) is 11.8 Å². The summed E-state index contributed by atoms with van der Waals surface area (Å²) in [5.41, 5.74) is 1.59. The Morgan fingerprint density at radius 3 is 2.79 bits per heavy atom. The lowest BCUT2D eigenvalue weighted by Gasteiger charge is -2.14. The molecule has 1 aliphatic heterocycles. The van der Waals surface area contributed by atoms with Crippen molar-refractivity contribution in [3.05, 3.63) is 59.9 Å². The molecule has 1 saturated heterocycles. The zero-order valence-corrected chi connectivity index (χ0v) is 15.2. The predicted octanol–water partition coefficient (Wildman–Crippen LogP) is 3.21. The number of para-hydroxylation sites is 1. The highest BCUT2D eigenvalue weighted by molar-refractivity contribution is 5.99. The Kier molecular flexibility index (Phi) is 3.89. The van der Waals surface area contributed by atoms with Gasteiger partial charge in [-0.05, 0) is 25.5 Å². The Morgan fingerprint density at radius 2 is 1.96 bits per heavy atom. The quantitative estimate of drug-likeness (QED) is 0.542. The number of furan rings is 1. The Hall–Kier alpha value is -3.55. The number of fused-ring (bicyclic) bond motifs is 1. The van der Waals surface area contributed by atoms with Gasteiger partial charge in [0.25, 0.3) is 5.91 Å². The normalized spacial score (nSPS) is 16.8. The summed E-state index contributed by atoms with van der Waals surface area (Å²) in [5, 5.41) is 4.93. The fourth-order valence-electron chi connectivity index (χ4n) is 3.57. The van der Waals surface area contributed by atoms with Crippen molar-refractivity contribution in [3.8, 4) is 11.6 Å². The minimum absolute atomic E-state index is 0.0152. The van der Waals surface area contributed by atoms with Crippen LogP contribution in [0.3, 0.4) is 0 Å². The van der Waals surface area contributed by atoms with Crippen LogP contribution in [0.15, 0.2) is 51.7 Å². The number of hydrogen-bond donors (Lipinski definition) is 0. The van der Waals surface area contributed by atoms with E-state index in [4.69, 9.17) is 8.94 Å². The molecule has 1 aliphatic rings. The lowest BCUT2D eigenvalue weighted by molar-refractivity contribution is 0.0759. The van der Waals surface area contributed by atoms with Crippen LogP contribution in [0.25, 0.3) is 22.6 Å². The van der Waals surface area contributed by atoms with E-state index >= 15 is 0 Å². The molecule has 5 rings (SSSR count). The van der Waals surface area contributed by atoms with E-state index in [1.807, 2.05) is 31.2 Å². The van der Waals surface area contributed by atoms with E-state index in [9.17, 15) is 4.79 Å². The van der Waals surface area contributed by atoms with Crippen LogP contribution in [0.2, 0.25) is 0 Å². The van der Waals surface area contributed by atoms with Crippen molar-refractivity contribution in [1.29, 1.82) is 0 Å². The highest BCUT2D eigenvalue weighted by Gasteiger charge is 2.34. The largest absolute Gasteiger partial charge is 0.451 e. The molecule has 0 unspecified atom stereocenters. The Morgan fingerprint density at radius 1 is 1.14 bits per heavy atom. The van der Waals surface area contributed by atoms with Crippen molar-refractivity contribution >= 4 is 16.9 Å². The minimum Gasteiger partial charge on any atom is -0.451 e. The molecule has 1 fully saturated rings. The molecule has 1 atom stereocenters. The molecule has 1 aromatic carbocycles. The Bertz CT molecular complexity index is 1150. The van der Waals surface area contributed by atoms with Gasteiger partial charge in [-0.3, -0.25) is 4.79 Å². The average Bonchev–Trinajstić information content (AvgIpc) is 3.47. The predicted molar refractivity (Wildman–Crippen MR) is 99.5 cm³/mol. The maximum atomic E-state index is 13.0. The molecule has 0 aliphatic carbocycles. The van der Waals surface area contributed by atoms with Gasteiger partial charge in [0.05, 0.1) is 5.92 Å². The molecule has 4 heterocycles. The maximum absolute atomic E-state index is 13.0. The number of nitrogens with zero attached hydrogens (tertiary/aromatic N) is 5. The monoisotopic (exact) mass is 375 g/mol. The second kappa shape index (κ2) is 6.56. The number of likely N-dealkylation sites (tertiary alicyclic amines) is 1. The lowest BCUT2D eigenvalue weighted by atomic mass is 10.1. The number of amides is 1. The summed E-state index contributed by atoms with van der Waals surface area (Å²) in [6.45, 7) is 3.03. The van der Waals surface area contributed by atoms with Crippen molar-refractivity contribution in [1.82, 2.24) is 25.0 Å². The summed E-state index contributed by atoms with van der Waals surface area (Å²) in [7, 11) is 0. The van der Waals surface area contributed by atoms with E-state index in [0.717, 1.165) is 23.0 Å². The van der Waals surface area contributed by atoms with Crippen molar-refractivity contribution in [2.75, 3.05) is 13.1 Å². The van der Waals surface area contributed by atoms with Crippen LogP contribution < -0.4 is 0 Å². The number of aryl methyl sites for hydroxylation is 1. The molecule has 0 N–H and O–H groups in total. The van der Waals surface area contributed by atoms with Gasteiger partial charge in [0.15, 0.2) is 5.76 Å². The van der Waals surface area contributed by atoms with Crippen molar-refractivity contribution in [2.45, 2.75) is 19.3 Å². The number of rotatable bonds is 3. The maximum Gasteiger partial charge on any atom is 0.289 e. The summed E-state index contributed by atoms with van der Waals surface area (Å²) >= 11 is 0. The van der Waals surface area contributed by atoms with Gasteiger partial charge in [-0.15, -0.1) is 0 Å². The van der Waals surface area contributed by atoms with Crippen LogP contribution >= 0.6 is 0 Å². The molecule has 0 spiro atoms. The molecule has 0 bridgehead atoms. The number of carbonyl (C=O) groups is 1. The molecular formula is C20H17N5O3. The van der Waals surface area contributed by atoms with E-state index in [0.29, 0.717) is 36.4 Å². The topological polar surface area (TPSA) is 98.2 Å². The molecule has 0 saturated carbocycles. The molecule has 3 aromatic heterocycles. The van der Waals surface area contributed by atoms with Gasteiger partial charge in [0, 0.05) is 36.4 Å². The number of hydrogen-bond acceptors (Lipinski definition) is 7. The van der Waals surface area contributed by atoms with Crippen LogP contribution in [0.5, 0.6) is 0 Å². The van der Waals surface area contributed by atoms with Gasteiger partial charge in [-0.1, -0.05) is 23.4 Å². The van der Waals surface area contributed by atoms with Crippen molar-refractivity contribution in [3.63, 3.8) is 0 Å². The second-order valence-electron chi connectivity index (χ2n) is 6.82.